The number of nitrogens with two attached hydrogens (primary N) is 1. The van der Waals surface area contributed by atoms with Crippen molar-refractivity contribution in [3.05, 3.63) is 18.5 Å². The number of carbonyl (C=O) groups excluding carboxylic acids is 2. The lowest BCUT2D eigenvalue weighted by Gasteiger charge is -2.30. The van der Waals surface area contributed by atoms with E-state index in [2.05, 4.69) is 5.10 Å². The second-order valence-corrected chi connectivity index (χ2v) is 4.26. The molecule has 2 amide bonds. The van der Waals surface area contributed by atoms with Crippen LogP contribution in [0.3, 0.4) is 0 Å². The molecule has 6 heteroatoms. The minimum absolute atomic E-state index is 0.0385. The molecule has 1 aliphatic heterocycles. The molecule has 6 nitrogen and oxygen atoms in total. The fourth-order valence-electron chi connectivity index (χ4n) is 2.05. The zero-order valence-corrected chi connectivity index (χ0v) is 9.58. The van der Waals surface area contributed by atoms with E-state index >= 15 is 0 Å². The topological polar surface area (TPSA) is 81.2 Å². The molecule has 0 aromatic carbocycles. The van der Waals surface area contributed by atoms with Crippen molar-refractivity contribution in [2.45, 2.75) is 19.4 Å². The normalized spacial score (nSPS) is 17.1. The number of primary amides is 1. The van der Waals surface area contributed by atoms with Gasteiger partial charge in [-0.05, 0) is 18.9 Å². The van der Waals surface area contributed by atoms with Crippen molar-refractivity contribution in [1.29, 1.82) is 0 Å². The standard InChI is InChI=1S/C11H16N4O2/c12-11(17)9-2-6-14(7-3-9)10(16)8-15-5-1-4-13-15/h1,4-5,9H,2-3,6-8H2,(H2,12,17). The molecule has 0 saturated carbocycles. The van der Waals surface area contributed by atoms with Crippen LogP contribution in [-0.2, 0) is 16.1 Å². The van der Waals surface area contributed by atoms with Crippen LogP contribution >= 0.6 is 0 Å². The van der Waals surface area contributed by atoms with E-state index in [9.17, 15) is 9.59 Å². The molecule has 1 aromatic rings. The van der Waals surface area contributed by atoms with Gasteiger partial charge in [0.05, 0.1) is 0 Å². The summed E-state index contributed by atoms with van der Waals surface area (Å²) in [5.74, 6) is -0.301. The van der Waals surface area contributed by atoms with Crippen LogP contribution in [0.15, 0.2) is 18.5 Å². The van der Waals surface area contributed by atoms with Gasteiger partial charge in [-0.25, -0.2) is 0 Å². The summed E-state index contributed by atoms with van der Waals surface area (Å²) >= 11 is 0. The zero-order valence-electron chi connectivity index (χ0n) is 9.58. The lowest BCUT2D eigenvalue weighted by molar-refractivity contribution is -0.135. The highest BCUT2D eigenvalue weighted by molar-refractivity contribution is 5.78. The van der Waals surface area contributed by atoms with Gasteiger partial charge in [-0.3, -0.25) is 14.3 Å². The van der Waals surface area contributed by atoms with Crippen LogP contribution in [0.2, 0.25) is 0 Å². The fraction of sp³-hybridized carbons (Fsp3) is 0.545. The third-order valence-corrected chi connectivity index (χ3v) is 3.11. The van der Waals surface area contributed by atoms with E-state index in [1.165, 1.54) is 0 Å². The average molecular weight is 236 g/mol. The molecule has 1 aliphatic rings. The number of carbonyl (C=O) groups is 2. The molecule has 1 saturated heterocycles. The van der Waals surface area contributed by atoms with Crippen molar-refractivity contribution in [2.75, 3.05) is 13.1 Å². The number of hydrogen-bond acceptors (Lipinski definition) is 3. The van der Waals surface area contributed by atoms with Crippen molar-refractivity contribution in [2.24, 2.45) is 11.7 Å². The van der Waals surface area contributed by atoms with Crippen molar-refractivity contribution in [3.8, 4) is 0 Å². The molecule has 0 bridgehead atoms. The lowest BCUT2D eigenvalue weighted by atomic mass is 9.96. The van der Waals surface area contributed by atoms with Gasteiger partial charge in [0, 0.05) is 31.4 Å². The Hall–Kier alpha value is -1.85. The Labute approximate surface area is 99.4 Å². The number of likely N-dealkylation sites (tertiary alicyclic amines) is 1. The lowest BCUT2D eigenvalue weighted by Crippen LogP contribution is -2.43. The van der Waals surface area contributed by atoms with Gasteiger partial charge in [0.25, 0.3) is 0 Å². The smallest absolute Gasteiger partial charge is 0.244 e. The van der Waals surface area contributed by atoms with Crippen LogP contribution in [0.1, 0.15) is 12.8 Å². The van der Waals surface area contributed by atoms with E-state index in [-0.39, 0.29) is 24.3 Å². The predicted octanol–water partition coefficient (Wildman–Crippen LogP) is -0.393. The Balaban J connectivity index is 1.84. The number of aromatic nitrogens is 2. The van der Waals surface area contributed by atoms with Crippen LogP contribution in [0.5, 0.6) is 0 Å². The molecule has 0 radical (unpaired) electrons. The molecule has 2 heterocycles. The SMILES string of the molecule is NC(=O)C1CCN(C(=O)Cn2cccn2)CC1. The van der Waals surface area contributed by atoms with E-state index in [1.54, 1.807) is 28.0 Å². The summed E-state index contributed by atoms with van der Waals surface area (Å²) < 4.78 is 1.60. The third kappa shape index (κ3) is 2.83. The Kier molecular flexibility index (Phi) is 3.41. The number of amides is 2. The Bertz CT molecular complexity index is 394. The minimum atomic E-state index is -0.260. The molecule has 0 spiro atoms. The molecule has 0 aliphatic carbocycles. The molecule has 0 atom stereocenters. The van der Waals surface area contributed by atoms with Crippen LogP contribution in [0.25, 0.3) is 0 Å². The maximum Gasteiger partial charge on any atom is 0.244 e. The van der Waals surface area contributed by atoms with Gasteiger partial charge in [0.2, 0.25) is 11.8 Å². The molecular weight excluding hydrogens is 220 g/mol. The van der Waals surface area contributed by atoms with E-state index in [1.807, 2.05) is 0 Å². The van der Waals surface area contributed by atoms with Gasteiger partial charge < -0.3 is 10.6 Å². The fourth-order valence-corrected chi connectivity index (χ4v) is 2.05. The first kappa shape index (κ1) is 11.6. The van der Waals surface area contributed by atoms with Gasteiger partial charge in [-0.1, -0.05) is 0 Å². The maximum absolute atomic E-state index is 11.9. The first-order valence-corrected chi connectivity index (χ1v) is 5.71. The van der Waals surface area contributed by atoms with Gasteiger partial charge in [-0.2, -0.15) is 5.10 Å². The van der Waals surface area contributed by atoms with Crippen LogP contribution in [-0.4, -0.2) is 39.6 Å². The van der Waals surface area contributed by atoms with Gasteiger partial charge in [0.1, 0.15) is 6.54 Å². The van der Waals surface area contributed by atoms with Crippen molar-refractivity contribution in [1.82, 2.24) is 14.7 Å². The zero-order chi connectivity index (χ0) is 12.3. The predicted molar refractivity (Wildman–Crippen MR) is 60.7 cm³/mol. The Morgan fingerprint density at radius 3 is 2.59 bits per heavy atom. The largest absolute Gasteiger partial charge is 0.369 e. The summed E-state index contributed by atoms with van der Waals surface area (Å²) in [5.41, 5.74) is 5.24. The van der Waals surface area contributed by atoms with Gasteiger partial charge in [0.15, 0.2) is 0 Å². The number of rotatable bonds is 3. The molecule has 1 aromatic heterocycles. The second kappa shape index (κ2) is 4.99. The highest BCUT2D eigenvalue weighted by Gasteiger charge is 2.25. The van der Waals surface area contributed by atoms with E-state index in [0.717, 1.165) is 0 Å². The van der Waals surface area contributed by atoms with Crippen LogP contribution < -0.4 is 5.73 Å². The monoisotopic (exact) mass is 236 g/mol. The molecule has 2 rings (SSSR count). The van der Waals surface area contributed by atoms with Crippen molar-refractivity contribution >= 4 is 11.8 Å². The highest BCUT2D eigenvalue weighted by atomic mass is 16.2. The maximum atomic E-state index is 11.9. The summed E-state index contributed by atoms with van der Waals surface area (Å²) in [4.78, 5) is 24.6. The average Bonchev–Trinajstić information content (AvgIpc) is 2.82. The number of piperidine rings is 1. The first-order chi connectivity index (χ1) is 8.16. The van der Waals surface area contributed by atoms with E-state index in [0.29, 0.717) is 25.9 Å². The van der Waals surface area contributed by atoms with E-state index in [4.69, 9.17) is 5.73 Å². The quantitative estimate of drug-likeness (QED) is 0.775. The summed E-state index contributed by atoms with van der Waals surface area (Å²) in [7, 11) is 0. The van der Waals surface area contributed by atoms with Gasteiger partial charge >= 0.3 is 0 Å². The van der Waals surface area contributed by atoms with Crippen molar-refractivity contribution < 1.29 is 9.59 Å². The Morgan fingerprint density at radius 1 is 1.35 bits per heavy atom. The minimum Gasteiger partial charge on any atom is -0.369 e. The molecule has 0 unspecified atom stereocenters. The number of hydrogen-bond donors (Lipinski definition) is 1. The molecule has 1 fully saturated rings. The number of nitrogens with zero attached hydrogens (tertiary/aromatic N) is 3. The first-order valence-electron chi connectivity index (χ1n) is 5.71. The summed E-state index contributed by atoms with van der Waals surface area (Å²) in [5, 5.41) is 3.99. The summed E-state index contributed by atoms with van der Waals surface area (Å²) in [6, 6.07) is 1.78. The van der Waals surface area contributed by atoms with Crippen molar-refractivity contribution in [3.63, 3.8) is 0 Å². The molecule has 92 valence electrons. The summed E-state index contributed by atoms with van der Waals surface area (Å²) in [6.45, 7) is 1.47. The molecule has 17 heavy (non-hydrogen) atoms. The Morgan fingerprint density at radius 2 is 2.06 bits per heavy atom. The second-order valence-electron chi connectivity index (χ2n) is 4.26. The van der Waals surface area contributed by atoms with Gasteiger partial charge in [-0.15, -0.1) is 0 Å². The molecular formula is C11H16N4O2. The van der Waals surface area contributed by atoms with Crippen LogP contribution in [0, 0.1) is 5.92 Å². The summed E-state index contributed by atoms with van der Waals surface area (Å²) in [6.07, 6.45) is 4.74. The highest BCUT2D eigenvalue weighted by Crippen LogP contribution is 2.16. The van der Waals surface area contributed by atoms with Crippen LogP contribution in [0.4, 0.5) is 0 Å². The third-order valence-electron chi connectivity index (χ3n) is 3.11. The molecule has 2 N–H and O–H groups in total. The van der Waals surface area contributed by atoms with E-state index < -0.39 is 0 Å².